The van der Waals surface area contributed by atoms with Crippen molar-refractivity contribution in [2.45, 2.75) is 18.9 Å². The molecular weight excluding hydrogens is 310 g/mol. The zero-order valence-electron chi connectivity index (χ0n) is 12.5. The highest BCUT2D eigenvalue weighted by Gasteiger charge is 2.29. The summed E-state index contributed by atoms with van der Waals surface area (Å²) in [6.07, 6.45) is 0.159. The molecule has 0 aliphatic carbocycles. The van der Waals surface area contributed by atoms with E-state index in [1.165, 1.54) is 0 Å². The third-order valence-electron chi connectivity index (χ3n) is 3.77. The molecule has 0 bridgehead atoms. The average molecular weight is 333 g/mol. The summed E-state index contributed by atoms with van der Waals surface area (Å²) in [6, 6.07) is -0.362. The molecule has 9 heteroatoms. The van der Waals surface area contributed by atoms with Crippen molar-refractivity contribution in [2.24, 2.45) is 0 Å². The fraction of sp³-hybridized carbons (Fsp3) is 0.846. The van der Waals surface area contributed by atoms with Gasteiger partial charge in [-0.15, -0.1) is 0 Å². The van der Waals surface area contributed by atoms with Gasteiger partial charge in [0.25, 0.3) is 0 Å². The summed E-state index contributed by atoms with van der Waals surface area (Å²) in [6.45, 7) is 4.35. The predicted molar refractivity (Wildman–Crippen MR) is 80.1 cm³/mol. The van der Waals surface area contributed by atoms with Gasteiger partial charge in [0.15, 0.2) is 9.84 Å². The molecule has 2 fully saturated rings. The van der Waals surface area contributed by atoms with E-state index in [9.17, 15) is 18.0 Å². The maximum Gasteiger partial charge on any atom is 0.229 e. The molecule has 0 aromatic heterocycles. The van der Waals surface area contributed by atoms with Crippen LogP contribution in [0.1, 0.15) is 12.8 Å². The lowest BCUT2D eigenvalue weighted by Gasteiger charge is -2.26. The third-order valence-corrected chi connectivity index (χ3v) is 5.54. The van der Waals surface area contributed by atoms with E-state index in [1.54, 1.807) is 0 Å². The maximum absolute atomic E-state index is 11.7. The van der Waals surface area contributed by atoms with Gasteiger partial charge in [-0.3, -0.25) is 14.5 Å². The number of nitrogens with one attached hydrogen (secondary N) is 2. The Balaban J connectivity index is 1.59. The number of ether oxygens (including phenoxy) is 1. The number of morpholine rings is 1. The van der Waals surface area contributed by atoms with Gasteiger partial charge in [0.2, 0.25) is 11.8 Å². The molecular formula is C13H23N3O5S. The number of amides is 2. The van der Waals surface area contributed by atoms with Crippen LogP contribution < -0.4 is 10.6 Å². The fourth-order valence-corrected chi connectivity index (χ4v) is 4.25. The molecule has 0 aromatic carbocycles. The summed E-state index contributed by atoms with van der Waals surface area (Å²) in [7, 11) is -3.03. The molecule has 22 heavy (non-hydrogen) atoms. The number of carbonyl (C=O) groups excluding carboxylic acids is 2. The molecule has 2 heterocycles. The smallest absolute Gasteiger partial charge is 0.229 e. The van der Waals surface area contributed by atoms with E-state index in [0.717, 1.165) is 19.6 Å². The summed E-state index contributed by atoms with van der Waals surface area (Å²) in [4.78, 5) is 25.5. The Bertz CT molecular complexity index is 502. The van der Waals surface area contributed by atoms with E-state index in [-0.39, 0.29) is 29.9 Å². The van der Waals surface area contributed by atoms with Crippen LogP contribution >= 0.6 is 0 Å². The Morgan fingerprint density at radius 1 is 1.18 bits per heavy atom. The first-order valence-corrected chi connectivity index (χ1v) is 9.33. The van der Waals surface area contributed by atoms with Crippen molar-refractivity contribution in [3.05, 3.63) is 0 Å². The molecule has 2 aliphatic heterocycles. The Labute approximate surface area is 130 Å². The van der Waals surface area contributed by atoms with Gasteiger partial charge in [0, 0.05) is 32.2 Å². The Hall–Kier alpha value is -1.19. The lowest BCUT2D eigenvalue weighted by Crippen LogP contribution is -2.42. The van der Waals surface area contributed by atoms with Crippen molar-refractivity contribution in [2.75, 3.05) is 50.9 Å². The van der Waals surface area contributed by atoms with E-state index in [0.29, 0.717) is 26.2 Å². The molecule has 1 atom stereocenters. The second kappa shape index (κ2) is 7.89. The number of rotatable bonds is 6. The predicted octanol–water partition coefficient (Wildman–Crippen LogP) is -1.87. The number of nitrogens with zero attached hydrogens (tertiary/aromatic N) is 1. The zero-order valence-corrected chi connectivity index (χ0v) is 13.4. The molecule has 2 saturated heterocycles. The summed E-state index contributed by atoms with van der Waals surface area (Å²) in [5.74, 6) is -0.696. The van der Waals surface area contributed by atoms with Gasteiger partial charge in [0.05, 0.1) is 24.7 Å². The minimum atomic E-state index is -3.03. The summed E-state index contributed by atoms with van der Waals surface area (Å²) in [5, 5.41) is 5.30. The third kappa shape index (κ3) is 5.90. The van der Waals surface area contributed by atoms with Gasteiger partial charge in [-0.05, 0) is 6.42 Å². The maximum atomic E-state index is 11.7. The monoisotopic (exact) mass is 333 g/mol. The first-order chi connectivity index (χ1) is 10.4. The molecule has 0 aromatic rings. The molecule has 126 valence electrons. The van der Waals surface area contributed by atoms with Crippen LogP contribution in [0.25, 0.3) is 0 Å². The normalized spacial score (nSPS) is 24.8. The lowest BCUT2D eigenvalue weighted by atomic mass is 10.2. The van der Waals surface area contributed by atoms with Crippen molar-refractivity contribution >= 4 is 21.7 Å². The van der Waals surface area contributed by atoms with Crippen molar-refractivity contribution in [3.8, 4) is 0 Å². The van der Waals surface area contributed by atoms with Gasteiger partial charge >= 0.3 is 0 Å². The topological polar surface area (TPSA) is 105 Å². The molecule has 0 spiro atoms. The van der Waals surface area contributed by atoms with Crippen molar-refractivity contribution in [1.29, 1.82) is 0 Å². The van der Waals surface area contributed by atoms with E-state index >= 15 is 0 Å². The molecule has 2 rings (SSSR count). The molecule has 0 radical (unpaired) electrons. The second-order valence-electron chi connectivity index (χ2n) is 5.65. The lowest BCUT2D eigenvalue weighted by molar-refractivity contribution is -0.129. The van der Waals surface area contributed by atoms with E-state index < -0.39 is 15.7 Å². The molecule has 1 unspecified atom stereocenters. The Morgan fingerprint density at radius 2 is 1.91 bits per heavy atom. The SMILES string of the molecule is O=C(CC(=O)NC1CCS(=O)(=O)C1)NCCN1CCOCC1. The first-order valence-electron chi connectivity index (χ1n) is 7.51. The minimum Gasteiger partial charge on any atom is -0.379 e. The fourth-order valence-electron chi connectivity index (χ4n) is 2.57. The summed E-state index contributed by atoms with van der Waals surface area (Å²) in [5.41, 5.74) is 0. The number of hydrogen-bond acceptors (Lipinski definition) is 6. The highest BCUT2D eigenvalue weighted by atomic mass is 32.2. The quantitative estimate of drug-likeness (QED) is 0.552. The van der Waals surface area contributed by atoms with Gasteiger partial charge in [0.1, 0.15) is 6.42 Å². The second-order valence-corrected chi connectivity index (χ2v) is 7.88. The van der Waals surface area contributed by atoms with E-state index in [1.807, 2.05) is 0 Å². The minimum absolute atomic E-state index is 0.0304. The van der Waals surface area contributed by atoms with Crippen LogP contribution in [0.15, 0.2) is 0 Å². The van der Waals surface area contributed by atoms with Crippen LogP contribution in [-0.4, -0.2) is 82.1 Å². The summed E-state index contributed by atoms with van der Waals surface area (Å²) < 4.78 is 27.8. The van der Waals surface area contributed by atoms with Crippen LogP contribution in [0.3, 0.4) is 0 Å². The van der Waals surface area contributed by atoms with Gasteiger partial charge in [-0.1, -0.05) is 0 Å². The van der Waals surface area contributed by atoms with E-state index in [2.05, 4.69) is 15.5 Å². The molecule has 2 amide bonds. The highest BCUT2D eigenvalue weighted by molar-refractivity contribution is 7.91. The van der Waals surface area contributed by atoms with Crippen molar-refractivity contribution in [3.63, 3.8) is 0 Å². The number of sulfone groups is 1. The van der Waals surface area contributed by atoms with Crippen molar-refractivity contribution < 1.29 is 22.7 Å². The summed E-state index contributed by atoms with van der Waals surface area (Å²) >= 11 is 0. The number of carbonyl (C=O) groups is 2. The highest BCUT2D eigenvalue weighted by Crippen LogP contribution is 2.11. The van der Waals surface area contributed by atoms with Crippen LogP contribution in [0.4, 0.5) is 0 Å². The molecule has 2 aliphatic rings. The molecule has 0 saturated carbocycles. The molecule has 2 N–H and O–H groups in total. The van der Waals surface area contributed by atoms with Crippen LogP contribution in [0.5, 0.6) is 0 Å². The standard InChI is InChI=1S/C13H23N3O5S/c17-12(14-2-3-16-4-6-21-7-5-16)9-13(18)15-11-1-8-22(19,20)10-11/h11H,1-10H2,(H,14,17)(H,15,18). The van der Waals surface area contributed by atoms with Crippen LogP contribution in [0, 0.1) is 0 Å². The Morgan fingerprint density at radius 3 is 2.55 bits per heavy atom. The largest absolute Gasteiger partial charge is 0.379 e. The molecule has 8 nitrogen and oxygen atoms in total. The number of hydrogen-bond donors (Lipinski definition) is 2. The zero-order chi connectivity index (χ0) is 16.0. The van der Waals surface area contributed by atoms with E-state index in [4.69, 9.17) is 4.74 Å². The van der Waals surface area contributed by atoms with Crippen molar-refractivity contribution in [1.82, 2.24) is 15.5 Å². The van der Waals surface area contributed by atoms with Gasteiger partial charge in [-0.2, -0.15) is 0 Å². The Kier molecular flexibility index (Phi) is 6.16. The van der Waals surface area contributed by atoms with Gasteiger partial charge < -0.3 is 15.4 Å². The van der Waals surface area contributed by atoms with Crippen LogP contribution in [-0.2, 0) is 24.2 Å². The first kappa shape index (κ1) is 17.2. The van der Waals surface area contributed by atoms with Crippen LogP contribution in [0.2, 0.25) is 0 Å². The van der Waals surface area contributed by atoms with Gasteiger partial charge in [-0.25, -0.2) is 8.42 Å². The average Bonchev–Trinajstić information content (AvgIpc) is 2.78.